The Kier molecular flexibility index (Phi) is 3.09. The normalized spacial score (nSPS) is 28.8. The van der Waals surface area contributed by atoms with E-state index in [9.17, 15) is 4.39 Å². The fourth-order valence-corrected chi connectivity index (χ4v) is 1.35. The number of piperidine rings is 1. The summed E-state index contributed by atoms with van der Waals surface area (Å²) in [6.07, 6.45) is 1.66. The highest BCUT2D eigenvalue weighted by atomic mass is 19.1. The van der Waals surface area contributed by atoms with Gasteiger partial charge in [0, 0.05) is 13.1 Å². The van der Waals surface area contributed by atoms with Crippen LogP contribution in [0.2, 0.25) is 0 Å². The number of halogens is 1. The molecule has 0 aromatic heterocycles. The van der Waals surface area contributed by atoms with Crippen molar-refractivity contribution < 1.29 is 9.50 Å². The van der Waals surface area contributed by atoms with Crippen molar-refractivity contribution in [1.82, 2.24) is 4.90 Å². The van der Waals surface area contributed by atoms with Crippen molar-refractivity contribution in [2.45, 2.75) is 18.9 Å². The minimum atomic E-state index is -0.299. The Hall–Kier alpha value is -0.150. The molecule has 1 rings (SSSR count). The molecule has 0 spiro atoms. The predicted octanol–water partition coefficient (Wildman–Crippen LogP) is 0.413. The van der Waals surface area contributed by atoms with E-state index in [0.29, 0.717) is 13.1 Å². The van der Waals surface area contributed by atoms with Gasteiger partial charge >= 0.3 is 0 Å². The quantitative estimate of drug-likeness (QED) is 0.611. The minimum Gasteiger partial charge on any atom is -0.392 e. The summed E-state index contributed by atoms with van der Waals surface area (Å²) in [4.78, 5) is 1.97. The Labute approximate surface area is 60.6 Å². The predicted molar refractivity (Wildman–Crippen MR) is 37.7 cm³/mol. The zero-order valence-corrected chi connectivity index (χ0v) is 6.09. The Morgan fingerprint density at radius 3 is 3.00 bits per heavy atom. The molecule has 3 heteroatoms. The first-order valence-corrected chi connectivity index (χ1v) is 3.79. The molecule has 0 amide bonds. The summed E-state index contributed by atoms with van der Waals surface area (Å²) in [6.45, 7) is 1.79. The molecule has 0 aromatic carbocycles. The molecule has 1 aliphatic rings. The highest BCUT2D eigenvalue weighted by Gasteiger charge is 2.16. The van der Waals surface area contributed by atoms with Gasteiger partial charge in [-0.2, -0.15) is 0 Å². The maximum atomic E-state index is 11.8. The molecule has 1 atom stereocenters. The number of aliphatic hydroxyl groups excluding tert-OH is 1. The number of nitrogens with zero attached hydrogens (tertiary/aromatic N) is 1. The van der Waals surface area contributed by atoms with Crippen LogP contribution < -0.4 is 0 Å². The molecule has 0 radical (unpaired) electrons. The Bertz CT molecular complexity index is 97.6. The van der Waals surface area contributed by atoms with Gasteiger partial charge in [-0.25, -0.2) is 4.39 Å². The van der Waals surface area contributed by atoms with Crippen LogP contribution in [-0.4, -0.2) is 42.4 Å². The van der Waals surface area contributed by atoms with Gasteiger partial charge in [-0.05, 0) is 19.4 Å². The van der Waals surface area contributed by atoms with E-state index < -0.39 is 0 Å². The second-order valence-corrected chi connectivity index (χ2v) is 2.79. The SMILES string of the molecule is O[C@H]1CCCN(CCF)C1. The van der Waals surface area contributed by atoms with Crippen LogP contribution >= 0.6 is 0 Å². The number of alkyl halides is 1. The highest BCUT2D eigenvalue weighted by molar-refractivity contribution is 4.70. The van der Waals surface area contributed by atoms with Crippen molar-refractivity contribution in [3.63, 3.8) is 0 Å². The van der Waals surface area contributed by atoms with Crippen LogP contribution in [0, 0.1) is 0 Å². The summed E-state index contributed by atoms with van der Waals surface area (Å²) in [6, 6.07) is 0. The van der Waals surface area contributed by atoms with Gasteiger partial charge in [0.2, 0.25) is 0 Å². The number of likely N-dealkylation sites (tertiary alicyclic amines) is 1. The van der Waals surface area contributed by atoms with Gasteiger partial charge in [0.25, 0.3) is 0 Å². The van der Waals surface area contributed by atoms with Crippen molar-refractivity contribution in [2.75, 3.05) is 26.3 Å². The maximum absolute atomic E-state index is 11.8. The van der Waals surface area contributed by atoms with Gasteiger partial charge in [0.05, 0.1) is 6.10 Å². The van der Waals surface area contributed by atoms with Crippen molar-refractivity contribution >= 4 is 0 Å². The lowest BCUT2D eigenvalue weighted by atomic mass is 10.1. The molecule has 0 saturated carbocycles. The third kappa shape index (κ3) is 2.23. The summed E-state index contributed by atoms with van der Waals surface area (Å²) in [5.41, 5.74) is 0. The second kappa shape index (κ2) is 3.88. The molecule has 0 aromatic rings. The number of hydrogen-bond acceptors (Lipinski definition) is 2. The zero-order valence-electron chi connectivity index (χ0n) is 6.09. The van der Waals surface area contributed by atoms with Crippen LogP contribution in [-0.2, 0) is 0 Å². The van der Waals surface area contributed by atoms with Gasteiger partial charge in [-0.1, -0.05) is 0 Å². The first-order chi connectivity index (χ1) is 4.83. The van der Waals surface area contributed by atoms with Crippen LogP contribution in [0.15, 0.2) is 0 Å². The molecule has 0 bridgehead atoms. The monoisotopic (exact) mass is 147 g/mol. The summed E-state index contributed by atoms with van der Waals surface area (Å²) >= 11 is 0. The summed E-state index contributed by atoms with van der Waals surface area (Å²) in [5.74, 6) is 0. The molecule has 1 saturated heterocycles. The van der Waals surface area contributed by atoms with Crippen LogP contribution in [0.5, 0.6) is 0 Å². The first-order valence-electron chi connectivity index (χ1n) is 3.79. The average molecular weight is 147 g/mol. The van der Waals surface area contributed by atoms with Crippen molar-refractivity contribution in [2.24, 2.45) is 0 Å². The average Bonchev–Trinajstić information content (AvgIpc) is 1.88. The summed E-state index contributed by atoms with van der Waals surface area (Å²) in [7, 11) is 0. The number of rotatable bonds is 2. The summed E-state index contributed by atoms with van der Waals surface area (Å²) in [5, 5.41) is 9.14. The van der Waals surface area contributed by atoms with E-state index in [2.05, 4.69) is 0 Å². The molecule has 1 heterocycles. The summed E-state index contributed by atoms with van der Waals surface area (Å²) < 4.78 is 11.8. The van der Waals surface area contributed by atoms with E-state index in [4.69, 9.17) is 5.11 Å². The molecule has 0 unspecified atom stereocenters. The molecule has 60 valence electrons. The first kappa shape index (κ1) is 7.95. The van der Waals surface area contributed by atoms with E-state index in [1.54, 1.807) is 0 Å². The number of β-amino-alcohol motifs (C(OH)–C–C–N with tert-alkyl or cyclic N) is 1. The van der Waals surface area contributed by atoms with Crippen LogP contribution in [0.3, 0.4) is 0 Å². The molecule has 2 nitrogen and oxygen atoms in total. The zero-order chi connectivity index (χ0) is 7.40. The van der Waals surface area contributed by atoms with E-state index in [-0.39, 0.29) is 12.8 Å². The van der Waals surface area contributed by atoms with E-state index in [1.165, 1.54) is 0 Å². The van der Waals surface area contributed by atoms with Gasteiger partial charge in [-0.3, -0.25) is 4.90 Å². The lowest BCUT2D eigenvalue weighted by Gasteiger charge is -2.28. The van der Waals surface area contributed by atoms with Gasteiger partial charge in [-0.15, -0.1) is 0 Å². The topological polar surface area (TPSA) is 23.5 Å². The Morgan fingerprint density at radius 1 is 1.60 bits per heavy atom. The highest BCUT2D eigenvalue weighted by Crippen LogP contribution is 2.08. The fraction of sp³-hybridized carbons (Fsp3) is 1.00. The number of hydrogen-bond donors (Lipinski definition) is 1. The molecular formula is C7H14FNO. The van der Waals surface area contributed by atoms with Crippen LogP contribution in [0.4, 0.5) is 4.39 Å². The number of aliphatic hydroxyl groups is 1. The van der Waals surface area contributed by atoms with Crippen LogP contribution in [0.25, 0.3) is 0 Å². The Morgan fingerprint density at radius 2 is 2.40 bits per heavy atom. The smallest absolute Gasteiger partial charge is 0.102 e. The lowest BCUT2D eigenvalue weighted by Crippen LogP contribution is -2.39. The van der Waals surface area contributed by atoms with E-state index in [0.717, 1.165) is 19.4 Å². The van der Waals surface area contributed by atoms with Gasteiger partial charge in [0.1, 0.15) is 6.67 Å². The van der Waals surface area contributed by atoms with Crippen molar-refractivity contribution in [3.8, 4) is 0 Å². The third-order valence-corrected chi connectivity index (χ3v) is 1.88. The van der Waals surface area contributed by atoms with Gasteiger partial charge in [0.15, 0.2) is 0 Å². The standard InChI is InChI=1S/C7H14FNO/c8-3-5-9-4-1-2-7(10)6-9/h7,10H,1-6H2/t7-/m0/s1. The molecule has 1 N–H and O–H groups in total. The van der Waals surface area contributed by atoms with E-state index in [1.807, 2.05) is 4.90 Å². The molecule has 10 heavy (non-hydrogen) atoms. The lowest BCUT2D eigenvalue weighted by molar-refractivity contribution is 0.0676. The molecule has 0 aliphatic carbocycles. The van der Waals surface area contributed by atoms with Crippen molar-refractivity contribution in [3.05, 3.63) is 0 Å². The van der Waals surface area contributed by atoms with Gasteiger partial charge < -0.3 is 5.11 Å². The second-order valence-electron chi connectivity index (χ2n) is 2.79. The molecule has 1 fully saturated rings. The third-order valence-electron chi connectivity index (χ3n) is 1.88. The van der Waals surface area contributed by atoms with Crippen LogP contribution in [0.1, 0.15) is 12.8 Å². The molecule has 1 aliphatic heterocycles. The molecular weight excluding hydrogens is 133 g/mol. The Balaban J connectivity index is 2.18. The van der Waals surface area contributed by atoms with Crippen molar-refractivity contribution in [1.29, 1.82) is 0 Å². The van der Waals surface area contributed by atoms with E-state index >= 15 is 0 Å². The maximum Gasteiger partial charge on any atom is 0.102 e. The minimum absolute atomic E-state index is 0.222. The largest absolute Gasteiger partial charge is 0.392 e. The fourth-order valence-electron chi connectivity index (χ4n) is 1.35.